The van der Waals surface area contributed by atoms with Gasteiger partial charge in [0.1, 0.15) is 11.5 Å². The molecule has 1 amide bonds. The molecule has 0 aliphatic heterocycles. The second-order valence-corrected chi connectivity index (χ2v) is 5.68. The van der Waals surface area contributed by atoms with Crippen molar-refractivity contribution >= 4 is 17.8 Å². The van der Waals surface area contributed by atoms with Crippen LogP contribution in [0.2, 0.25) is 0 Å². The molecule has 0 heterocycles. The normalized spacial score (nSPS) is 11.8. The van der Waals surface area contributed by atoms with E-state index < -0.39 is 48.9 Å². The number of carbonyl (C=O) groups is 1. The number of hydrogen-bond donors (Lipinski definition) is 2. The van der Waals surface area contributed by atoms with Crippen LogP contribution in [0.25, 0.3) is 0 Å². The highest BCUT2D eigenvalue weighted by Crippen LogP contribution is 2.30. The molecule has 0 saturated heterocycles. The maximum Gasteiger partial charge on any atom is 0.416 e. The molecule has 2 aromatic carbocycles. The summed E-state index contributed by atoms with van der Waals surface area (Å²) >= 11 is 0. The molecule has 31 heavy (non-hydrogen) atoms. The Kier molecular flexibility index (Phi) is 8.05. The molecule has 2 aromatic rings. The quantitative estimate of drug-likeness (QED) is 0.334. The number of halogens is 7. The number of nitrogens with one attached hydrogen (secondary N) is 2. The fraction of sp³-hybridized carbons (Fsp3) is 0.222. The molecule has 168 valence electrons. The molecule has 0 spiro atoms. The van der Waals surface area contributed by atoms with Gasteiger partial charge < -0.3 is 14.8 Å². The van der Waals surface area contributed by atoms with E-state index in [1.807, 2.05) is 5.43 Å². The minimum Gasteiger partial charge on any atom is -0.435 e. The predicted octanol–water partition coefficient (Wildman–Crippen LogP) is 4.47. The third-order valence-corrected chi connectivity index (χ3v) is 3.46. The minimum absolute atomic E-state index is 0.0381. The number of alkyl halides is 7. The van der Waals surface area contributed by atoms with Crippen molar-refractivity contribution in [3.63, 3.8) is 0 Å². The maximum absolute atomic E-state index is 12.7. The lowest BCUT2D eigenvalue weighted by Crippen LogP contribution is -2.26. The zero-order valence-electron chi connectivity index (χ0n) is 15.3. The Balaban J connectivity index is 1.97. The van der Waals surface area contributed by atoms with Crippen LogP contribution >= 0.6 is 0 Å². The zero-order chi connectivity index (χ0) is 23.0. The van der Waals surface area contributed by atoms with Crippen molar-refractivity contribution in [1.29, 1.82) is 0 Å². The average molecular weight is 453 g/mol. The van der Waals surface area contributed by atoms with Gasteiger partial charge in [0.15, 0.2) is 0 Å². The van der Waals surface area contributed by atoms with Crippen LogP contribution in [0.3, 0.4) is 0 Å². The van der Waals surface area contributed by atoms with Gasteiger partial charge in [-0.2, -0.15) is 35.8 Å². The Labute approximate surface area is 170 Å². The van der Waals surface area contributed by atoms with Crippen molar-refractivity contribution < 1.29 is 45.0 Å². The summed E-state index contributed by atoms with van der Waals surface area (Å²) in [5.74, 6) is -1.73. The van der Waals surface area contributed by atoms with Gasteiger partial charge in [0, 0.05) is 17.3 Å². The second kappa shape index (κ2) is 10.5. The summed E-state index contributed by atoms with van der Waals surface area (Å²) in [4.78, 5) is 11.8. The fourth-order valence-corrected chi connectivity index (χ4v) is 2.20. The van der Waals surface area contributed by atoms with Gasteiger partial charge in [0.2, 0.25) is 0 Å². The number of hydrazone groups is 1. The van der Waals surface area contributed by atoms with E-state index in [4.69, 9.17) is 0 Å². The lowest BCUT2D eigenvalue weighted by molar-refractivity contribution is -0.137. The van der Waals surface area contributed by atoms with E-state index in [1.165, 1.54) is 6.07 Å². The Bertz CT molecular complexity index is 921. The van der Waals surface area contributed by atoms with Gasteiger partial charge in [-0.25, -0.2) is 5.43 Å². The first-order chi connectivity index (χ1) is 14.5. The maximum atomic E-state index is 12.7. The summed E-state index contributed by atoms with van der Waals surface area (Å²) in [6.45, 7) is -6.89. The van der Waals surface area contributed by atoms with Crippen LogP contribution < -0.4 is 20.2 Å². The SMILES string of the molecule is O=C(CNc1cccc(C(F)(F)F)c1)N/N=C\c1ccc(OC(F)F)cc1OC(F)F. The van der Waals surface area contributed by atoms with Gasteiger partial charge in [-0.1, -0.05) is 6.07 Å². The highest BCUT2D eigenvalue weighted by Gasteiger charge is 2.30. The van der Waals surface area contributed by atoms with E-state index in [1.54, 1.807) is 0 Å². The summed E-state index contributed by atoms with van der Waals surface area (Å²) in [6.07, 6.45) is -3.63. The van der Waals surface area contributed by atoms with E-state index in [0.29, 0.717) is 0 Å². The second-order valence-electron chi connectivity index (χ2n) is 5.68. The highest BCUT2D eigenvalue weighted by atomic mass is 19.4. The topological polar surface area (TPSA) is 72.0 Å². The summed E-state index contributed by atoms with van der Waals surface area (Å²) in [7, 11) is 0. The Hall–Kier alpha value is -3.51. The minimum atomic E-state index is -4.54. The molecular weight excluding hydrogens is 439 g/mol. The number of ether oxygens (including phenoxy) is 2. The lowest BCUT2D eigenvalue weighted by Gasteiger charge is -2.11. The van der Waals surface area contributed by atoms with E-state index in [0.717, 1.165) is 42.6 Å². The van der Waals surface area contributed by atoms with Gasteiger partial charge in [0.25, 0.3) is 5.91 Å². The molecule has 6 nitrogen and oxygen atoms in total. The van der Waals surface area contributed by atoms with Crippen LogP contribution in [0, 0.1) is 0 Å². The predicted molar refractivity (Wildman–Crippen MR) is 95.4 cm³/mol. The van der Waals surface area contributed by atoms with Crippen LogP contribution in [-0.2, 0) is 11.0 Å². The first-order valence-corrected chi connectivity index (χ1v) is 8.31. The number of anilines is 1. The van der Waals surface area contributed by atoms with E-state index in [2.05, 4.69) is 19.9 Å². The summed E-state index contributed by atoms with van der Waals surface area (Å²) in [5.41, 5.74) is 1.07. The molecule has 0 atom stereocenters. The van der Waals surface area contributed by atoms with Gasteiger partial charge in [-0.05, 0) is 30.3 Å². The Morgan fingerprint density at radius 1 is 1.03 bits per heavy atom. The van der Waals surface area contributed by atoms with Gasteiger partial charge in [0.05, 0.1) is 18.3 Å². The number of carbonyl (C=O) groups excluding carboxylic acids is 1. The van der Waals surface area contributed by atoms with Gasteiger partial charge in [-0.15, -0.1) is 0 Å². The standard InChI is InChI=1S/C18H14F7N3O3/c19-16(20)30-13-5-4-10(14(7-13)31-17(21)22)8-27-28-15(29)9-26-12-3-1-2-11(6-12)18(23,24)25/h1-8,16-17,26H,9H2,(H,28,29)/b27-8-. The molecule has 0 aromatic heterocycles. The molecule has 0 fully saturated rings. The van der Waals surface area contributed by atoms with Crippen LogP contribution in [-0.4, -0.2) is 31.9 Å². The largest absolute Gasteiger partial charge is 0.435 e. The first-order valence-electron chi connectivity index (χ1n) is 8.31. The van der Waals surface area contributed by atoms with Crippen molar-refractivity contribution in [2.75, 3.05) is 11.9 Å². The fourth-order valence-electron chi connectivity index (χ4n) is 2.20. The molecule has 13 heteroatoms. The van der Waals surface area contributed by atoms with Crippen molar-refractivity contribution in [3.05, 3.63) is 53.6 Å². The smallest absolute Gasteiger partial charge is 0.416 e. The number of nitrogens with zero attached hydrogens (tertiary/aromatic N) is 1. The molecule has 0 unspecified atom stereocenters. The van der Waals surface area contributed by atoms with Crippen molar-refractivity contribution in [1.82, 2.24) is 5.43 Å². The van der Waals surface area contributed by atoms with Gasteiger partial charge >= 0.3 is 19.4 Å². The molecule has 0 saturated carbocycles. The van der Waals surface area contributed by atoms with Crippen LogP contribution in [0.5, 0.6) is 11.5 Å². The third-order valence-electron chi connectivity index (χ3n) is 3.46. The summed E-state index contributed by atoms with van der Waals surface area (Å²) in [6, 6.07) is 7.08. The van der Waals surface area contributed by atoms with E-state index in [-0.39, 0.29) is 11.3 Å². The molecule has 0 aliphatic rings. The number of benzene rings is 2. The third kappa shape index (κ3) is 8.03. The molecule has 0 bridgehead atoms. The molecular formula is C18H14F7N3O3. The summed E-state index contributed by atoms with van der Waals surface area (Å²) < 4.78 is 95.8. The van der Waals surface area contributed by atoms with Crippen molar-refractivity contribution in [2.45, 2.75) is 19.4 Å². The average Bonchev–Trinajstić information content (AvgIpc) is 2.66. The van der Waals surface area contributed by atoms with Crippen LogP contribution in [0.15, 0.2) is 47.6 Å². The van der Waals surface area contributed by atoms with Crippen molar-refractivity contribution in [3.8, 4) is 11.5 Å². The van der Waals surface area contributed by atoms with Crippen LogP contribution in [0.1, 0.15) is 11.1 Å². The Morgan fingerprint density at radius 3 is 2.39 bits per heavy atom. The summed E-state index contributed by atoms with van der Waals surface area (Å²) in [5, 5.41) is 5.98. The number of amides is 1. The van der Waals surface area contributed by atoms with Gasteiger partial charge in [-0.3, -0.25) is 4.79 Å². The Morgan fingerprint density at radius 2 is 1.74 bits per heavy atom. The van der Waals surface area contributed by atoms with E-state index >= 15 is 0 Å². The first kappa shape index (κ1) is 23.8. The number of hydrogen-bond acceptors (Lipinski definition) is 5. The zero-order valence-corrected chi connectivity index (χ0v) is 15.3. The number of rotatable bonds is 9. The molecule has 2 rings (SSSR count). The molecule has 2 N–H and O–H groups in total. The highest BCUT2D eigenvalue weighted by molar-refractivity contribution is 5.86. The van der Waals surface area contributed by atoms with Crippen LogP contribution in [0.4, 0.5) is 36.4 Å². The lowest BCUT2D eigenvalue weighted by atomic mass is 10.2. The van der Waals surface area contributed by atoms with Crippen molar-refractivity contribution in [2.24, 2.45) is 5.10 Å². The molecule has 0 radical (unpaired) electrons. The van der Waals surface area contributed by atoms with E-state index in [9.17, 15) is 35.5 Å². The molecule has 0 aliphatic carbocycles. The monoisotopic (exact) mass is 453 g/mol.